The number of carbonyl (C=O) groups is 2. The fraction of sp³-hybridized carbons (Fsp3) is 0.333. The number of esters is 1. The molecule has 0 aliphatic rings. The predicted octanol–water partition coefficient (Wildman–Crippen LogP) is 3.23. The largest absolute Gasteiger partial charge is 0.490 e. The molecular weight excluding hydrogens is 492 g/mol. The molecule has 2 aromatic carbocycles. The molecule has 3 rings (SSSR count). The van der Waals surface area contributed by atoms with E-state index in [9.17, 15) is 14.4 Å². The molecule has 11 heteroatoms. The van der Waals surface area contributed by atoms with Gasteiger partial charge in [0.15, 0.2) is 11.5 Å². The summed E-state index contributed by atoms with van der Waals surface area (Å²) in [5.41, 5.74) is 3.51. The van der Waals surface area contributed by atoms with Gasteiger partial charge in [0.2, 0.25) is 5.75 Å². The number of nitrogens with zero attached hydrogens (tertiary/aromatic N) is 2. The van der Waals surface area contributed by atoms with Crippen molar-refractivity contribution in [3.63, 3.8) is 0 Å². The highest BCUT2D eigenvalue weighted by Crippen LogP contribution is 2.39. The van der Waals surface area contributed by atoms with Crippen molar-refractivity contribution in [2.24, 2.45) is 5.10 Å². The lowest BCUT2D eigenvalue weighted by atomic mass is 10.1. The lowest BCUT2D eigenvalue weighted by molar-refractivity contribution is -0.139. The summed E-state index contributed by atoms with van der Waals surface area (Å²) >= 11 is 0. The second kappa shape index (κ2) is 13.1. The van der Waals surface area contributed by atoms with Crippen LogP contribution in [0, 0.1) is 0 Å². The fourth-order valence-electron chi connectivity index (χ4n) is 3.73. The van der Waals surface area contributed by atoms with Crippen molar-refractivity contribution in [2.75, 3.05) is 26.9 Å². The summed E-state index contributed by atoms with van der Waals surface area (Å²) < 4.78 is 23.1. The Morgan fingerprint density at radius 2 is 1.58 bits per heavy atom. The van der Waals surface area contributed by atoms with Crippen molar-refractivity contribution in [1.82, 2.24) is 15.2 Å². The van der Waals surface area contributed by atoms with Gasteiger partial charge in [-0.3, -0.25) is 19.5 Å². The van der Waals surface area contributed by atoms with Gasteiger partial charge in [-0.05, 0) is 52.0 Å². The minimum Gasteiger partial charge on any atom is -0.490 e. The molecule has 0 saturated heterocycles. The van der Waals surface area contributed by atoms with Crippen LogP contribution in [0.2, 0.25) is 0 Å². The number of benzene rings is 2. The Bertz CT molecular complexity index is 1330. The Morgan fingerprint density at radius 3 is 2.13 bits per heavy atom. The van der Waals surface area contributed by atoms with E-state index in [2.05, 4.69) is 15.6 Å². The van der Waals surface area contributed by atoms with Gasteiger partial charge in [0, 0.05) is 5.56 Å². The van der Waals surface area contributed by atoms with E-state index in [0.717, 1.165) is 0 Å². The second-order valence-corrected chi connectivity index (χ2v) is 7.93. The molecule has 0 radical (unpaired) electrons. The number of para-hydroxylation sites is 1. The number of hydrazone groups is 1. The van der Waals surface area contributed by atoms with Gasteiger partial charge in [0.05, 0.1) is 56.0 Å². The Balaban J connectivity index is 1.97. The molecule has 2 N–H and O–H groups in total. The molecule has 0 spiro atoms. The maximum Gasteiger partial charge on any atom is 0.311 e. The van der Waals surface area contributed by atoms with Crippen molar-refractivity contribution >= 4 is 17.6 Å². The zero-order valence-electron chi connectivity index (χ0n) is 22.1. The first-order valence-corrected chi connectivity index (χ1v) is 12.2. The number of nitrogens with one attached hydrogen (secondary N) is 2. The van der Waals surface area contributed by atoms with Crippen molar-refractivity contribution in [1.29, 1.82) is 0 Å². The molecular formula is C27H32N4O7. The highest BCUT2D eigenvalue weighted by Gasteiger charge is 2.22. The standard InChI is InChI=1S/C27H32N4O7/c1-6-36-21-14-18(15-22(37-7-2)25(21)38-8-3)26(33)29-28-17(4)24-20(16-23(32)35-5)30-31(27(24)34)19-12-10-9-11-13-19/h9-15,30H,6-8,16H2,1-5H3,(H,29,33). The van der Waals surface area contributed by atoms with E-state index in [-0.39, 0.29) is 23.3 Å². The van der Waals surface area contributed by atoms with E-state index in [1.54, 1.807) is 43.3 Å². The summed E-state index contributed by atoms with van der Waals surface area (Å²) in [6.45, 7) is 8.15. The summed E-state index contributed by atoms with van der Waals surface area (Å²) in [4.78, 5) is 38.3. The van der Waals surface area contributed by atoms with Crippen LogP contribution >= 0.6 is 0 Å². The summed E-state index contributed by atoms with van der Waals surface area (Å²) in [7, 11) is 1.26. The van der Waals surface area contributed by atoms with E-state index in [0.29, 0.717) is 48.5 Å². The maximum atomic E-state index is 13.3. The third-order valence-corrected chi connectivity index (χ3v) is 5.39. The summed E-state index contributed by atoms with van der Waals surface area (Å²) in [6.07, 6.45) is -0.184. The van der Waals surface area contributed by atoms with E-state index in [4.69, 9.17) is 18.9 Å². The number of aromatic amines is 1. The van der Waals surface area contributed by atoms with E-state index >= 15 is 0 Å². The van der Waals surface area contributed by atoms with Crippen LogP contribution in [-0.4, -0.2) is 54.3 Å². The van der Waals surface area contributed by atoms with Gasteiger partial charge in [0.25, 0.3) is 11.5 Å². The SMILES string of the molecule is CCOc1cc(C(=O)NN=C(C)c2c(CC(=O)OC)[nH]n(-c3ccccc3)c2=O)cc(OCC)c1OCC. The summed E-state index contributed by atoms with van der Waals surface area (Å²) in [6, 6.07) is 12.0. The predicted molar refractivity (Wildman–Crippen MR) is 142 cm³/mol. The normalized spacial score (nSPS) is 11.1. The molecule has 11 nitrogen and oxygen atoms in total. The van der Waals surface area contributed by atoms with Crippen LogP contribution in [0.5, 0.6) is 17.2 Å². The molecule has 1 aromatic heterocycles. The van der Waals surface area contributed by atoms with E-state index < -0.39 is 17.4 Å². The Morgan fingerprint density at radius 1 is 0.974 bits per heavy atom. The molecule has 0 unspecified atom stereocenters. The first-order valence-electron chi connectivity index (χ1n) is 12.2. The molecule has 0 aliphatic carbocycles. The topological polar surface area (TPSA) is 133 Å². The zero-order valence-corrected chi connectivity index (χ0v) is 22.1. The highest BCUT2D eigenvalue weighted by atomic mass is 16.5. The van der Waals surface area contributed by atoms with Crippen LogP contribution in [0.1, 0.15) is 49.3 Å². The van der Waals surface area contributed by atoms with E-state index in [1.807, 2.05) is 26.8 Å². The molecule has 3 aromatic rings. The van der Waals surface area contributed by atoms with Crippen molar-refractivity contribution < 1.29 is 28.5 Å². The molecule has 1 amide bonds. The summed E-state index contributed by atoms with van der Waals surface area (Å²) in [5, 5.41) is 7.12. The maximum absolute atomic E-state index is 13.3. The third kappa shape index (κ3) is 6.41. The molecule has 0 fully saturated rings. The van der Waals surface area contributed by atoms with Crippen molar-refractivity contribution in [3.8, 4) is 22.9 Å². The Labute approximate surface area is 220 Å². The second-order valence-electron chi connectivity index (χ2n) is 7.93. The number of hydrogen-bond acceptors (Lipinski definition) is 8. The smallest absolute Gasteiger partial charge is 0.311 e. The van der Waals surface area contributed by atoms with Gasteiger partial charge in [-0.2, -0.15) is 5.10 Å². The van der Waals surface area contributed by atoms with Gasteiger partial charge in [-0.1, -0.05) is 18.2 Å². The van der Waals surface area contributed by atoms with Crippen LogP contribution < -0.4 is 25.2 Å². The number of hydrogen-bond donors (Lipinski definition) is 2. The number of amides is 1. The lowest BCUT2D eigenvalue weighted by Crippen LogP contribution is -2.24. The number of H-pyrrole nitrogens is 1. The number of carbonyl (C=O) groups excluding carboxylic acids is 2. The number of rotatable bonds is 12. The minimum absolute atomic E-state index is 0.149. The molecule has 202 valence electrons. The molecule has 1 heterocycles. The van der Waals surface area contributed by atoms with Gasteiger partial charge in [-0.25, -0.2) is 10.1 Å². The fourth-order valence-corrected chi connectivity index (χ4v) is 3.73. The highest BCUT2D eigenvalue weighted by molar-refractivity contribution is 6.02. The number of ether oxygens (including phenoxy) is 4. The van der Waals surface area contributed by atoms with Crippen molar-refractivity contribution in [2.45, 2.75) is 34.1 Å². The van der Waals surface area contributed by atoms with Crippen molar-refractivity contribution in [3.05, 3.63) is 69.6 Å². The Hall–Kier alpha value is -4.54. The first kappa shape index (κ1) is 28.0. The minimum atomic E-state index is -0.553. The van der Waals surface area contributed by atoms with Gasteiger partial charge >= 0.3 is 5.97 Å². The van der Waals surface area contributed by atoms with Gasteiger partial charge < -0.3 is 18.9 Å². The van der Waals surface area contributed by atoms with Gasteiger partial charge in [0.1, 0.15) is 0 Å². The molecule has 0 bridgehead atoms. The quantitative estimate of drug-likeness (QED) is 0.211. The Kier molecular flexibility index (Phi) is 9.69. The van der Waals surface area contributed by atoms with E-state index in [1.165, 1.54) is 11.8 Å². The van der Waals surface area contributed by atoms with Crippen LogP contribution in [0.4, 0.5) is 0 Å². The molecule has 0 atom stereocenters. The van der Waals surface area contributed by atoms with Crippen LogP contribution in [-0.2, 0) is 16.0 Å². The first-order chi connectivity index (χ1) is 18.3. The monoisotopic (exact) mass is 524 g/mol. The molecule has 38 heavy (non-hydrogen) atoms. The lowest BCUT2D eigenvalue weighted by Gasteiger charge is -2.16. The average molecular weight is 525 g/mol. The number of methoxy groups -OCH3 is 1. The zero-order chi connectivity index (χ0) is 27.7. The van der Waals surface area contributed by atoms with Crippen LogP contribution in [0.15, 0.2) is 52.4 Å². The molecule has 0 aliphatic heterocycles. The average Bonchev–Trinajstić information content (AvgIpc) is 3.24. The van der Waals surface area contributed by atoms with Crippen LogP contribution in [0.3, 0.4) is 0 Å². The summed E-state index contributed by atoms with van der Waals surface area (Å²) in [5.74, 6) is 0.0491. The third-order valence-electron chi connectivity index (χ3n) is 5.39. The molecule has 0 saturated carbocycles. The van der Waals surface area contributed by atoms with Crippen LogP contribution in [0.25, 0.3) is 5.69 Å². The van der Waals surface area contributed by atoms with Gasteiger partial charge in [-0.15, -0.1) is 0 Å². The number of aromatic nitrogens is 2.